The molecule has 0 spiro atoms. The van der Waals surface area contributed by atoms with Crippen LogP contribution in [0.1, 0.15) is 82.9 Å². The minimum atomic E-state index is -1.01. The summed E-state index contributed by atoms with van der Waals surface area (Å²) in [7, 11) is 0. The number of carboxylic acid groups (broad SMARTS) is 1. The van der Waals surface area contributed by atoms with E-state index in [0.717, 1.165) is 11.1 Å². The Morgan fingerprint density at radius 1 is 0.930 bits per heavy atom. The van der Waals surface area contributed by atoms with Crippen LogP contribution in [-0.2, 0) is 21.0 Å². The largest absolute Gasteiger partial charge is 0.490 e. The van der Waals surface area contributed by atoms with Gasteiger partial charge in [0.1, 0.15) is 13.2 Å². The number of nitrogens with zero attached hydrogens (tertiary/aromatic N) is 1. The van der Waals surface area contributed by atoms with Crippen molar-refractivity contribution in [3.05, 3.63) is 80.7 Å². The summed E-state index contributed by atoms with van der Waals surface area (Å²) in [5, 5.41) is 10.2. The van der Waals surface area contributed by atoms with Crippen LogP contribution in [0.5, 0.6) is 11.5 Å². The van der Waals surface area contributed by atoms with Gasteiger partial charge >= 0.3 is 5.97 Å². The van der Waals surface area contributed by atoms with Gasteiger partial charge in [0.05, 0.1) is 11.6 Å². The van der Waals surface area contributed by atoms with E-state index in [1.807, 2.05) is 71.9 Å². The van der Waals surface area contributed by atoms with E-state index in [2.05, 4.69) is 0 Å². The Labute approximate surface area is 258 Å². The number of carboxylic acids is 1. The Morgan fingerprint density at radius 2 is 1.49 bits per heavy atom. The minimum Gasteiger partial charge on any atom is -0.490 e. The molecule has 0 atom stereocenters. The van der Waals surface area contributed by atoms with Gasteiger partial charge in [-0.15, -0.1) is 0 Å². The van der Waals surface area contributed by atoms with Crippen molar-refractivity contribution in [2.24, 2.45) is 10.8 Å². The van der Waals surface area contributed by atoms with E-state index >= 15 is 0 Å². The third-order valence-electron chi connectivity index (χ3n) is 8.48. The number of aliphatic carboxylic acids is 1. The molecule has 3 aliphatic rings. The minimum absolute atomic E-state index is 0.0791. The third kappa shape index (κ3) is 6.23. The Bertz CT molecular complexity index is 1490. The van der Waals surface area contributed by atoms with Gasteiger partial charge in [0.25, 0.3) is 0 Å². The van der Waals surface area contributed by atoms with Crippen LogP contribution in [0.4, 0.5) is 0 Å². The zero-order valence-electron chi connectivity index (χ0n) is 25.8. The van der Waals surface area contributed by atoms with Gasteiger partial charge in [-0.25, -0.2) is 0 Å². The second-order valence-electron chi connectivity index (χ2n) is 13.6. The first kappa shape index (κ1) is 30.9. The SMILES string of the molecule is CCOc1cc(C2C3=C(CC(C)(C)CC3=O)N(CC(=O)O)C3=C2C(=O)CC(C)(C)C3)cc(Cl)c1OCc1ccc(C)cc1. The predicted octanol–water partition coefficient (Wildman–Crippen LogP) is 7.40. The fraction of sp³-hybridized carbons (Fsp3) is 0.457. The van der Waals surface area contributed by atoms with Crippen molar-refractivity contribution in [3.8, 4) is 11.5 Å². The number of halogens is 1. The van der Waals surface area contributed by atoms with Crippen LogP contribution in [0.15, 0.2) is 58.9 Å². The van der Waals surface area contributed by atoms with Gasteiger partial charge in [-0.3, -0.25) is 14.4 Å². The third-order valence-corrected chi connectivity index (χ3v) is 8.76. The molecule has 0 fully saturated rings. The molecular weight excluding hydrogens is 566 g/mol. The van der Waals surface area contributed by atoms with E-state index in [-0.39, 0.29) is 28.9 Å². The lowest BCUT2D eigenvalue weighted by Crippen LogP contribution is -2.45. The van der Waals surface area contributed by atoms with E-state index in [1.54, 1.807) is 11.0 Å². The highest BCUT2D eigenvalue weighted by molar-refractivity contribution is 6.32. The molecule has 43 heavy (non-hydrogen) atoms. The van der Waals surface area contributed by atoms with E-state index < -0.39 is 11.9 Å². The first-order chi connectivity index (χ1) is 20.2. The molecule has 8 heteroatoms. The lowest BCUT2D eigenvalue weighted by Gasteiger charge is -2.48. The molecule has 0 radical (unpaired) electrons. The van der Waals surface area contributed by atoms with Crippen molar-refractivity contribution in [3.63, 3.8) is 0 Å². The van der Waals surface area contributed by atoms with Crippen molar-refractivity contribution in [2.75, 3.05) is 13.2 Å². The van der Waals surface area contributed by atoms with Crippen LogP contribution in [0, 0.1) is 17.8 Å². The van der Waals surface area contributed by atoms with Gasteiger partial charge in [-0.05, 0) is 60.8 Å². The highest BCUT2D eigenvalue weighted by Gasteiger charge is 2.49. The molecule has 228 valence electrons. The molecule has 7 nitrogen and oxygen atoms in total. The van der Waals surface area contributed by atoms with Crippen LogP contribution < -0.4 is 9.47 Å². The highest BCUT2D eigenvalue weighted by atomic mass is 35.5. The summed E-state index contributed by atoms with van der Waals surface area (Å²) in [4.78, 5) is 41.8. The zero-order chi connectivity index (χ0) is 31.3. The summed E-state index contributed by atoms with van der Waals surface area (Å²) in [5.41, 5.74) is 4.42. The summed E-state index contributed by atoms with van der Waals surface area (Å²) >= 11 is 6.90. The molecule has 2 aromatic carbocycles. The highest BCUT2D eigenvalue weighted by Crippen LogP contribution is 2.55. The molecule has 5 rings (SSSR count). The summed E-state index contributed by atoms with van der Waals surface area (Å²) < 4.78 is 12.2. The van der Waals surface area contributed by atoms with Gasteiger partial charge < -0.3 is 19.5 Å². The molecular formula is C35H40ClNO6. The first-order valence-corrected chi connectivity index (χ1v) is 15.2. The predicted molar refractivity (Wildman–Crippen MR) is 165 cm³/mol. The maximum atomic E-state index is 14.0. The topological polar surface area (TPSA) is 93.1 Å². The lowest BCUT2D eigenvalue weighted by molar-refractivity contribution is -0.138. The number of allylic oxidation sites excluding steroid dienone is 4. The van der Waals surface area contributed by atoms with Crippen molar-refractivity contribution >= 4 is 29.1 Å². The second-order valence-corrected chi connectivity index (χ2v) is 14.0. The van der Waals surface area contributed by atoms with Crippen LogP contribution in [0.2, 0.25) is 5.02 Å². The number of Topliss-reactive ketones (excluding diaryl/α,β-unsaturated/α-hetero) is 2. The van der Waals surface area contributed by atoms with Gasteiger partial charge in [0.2, 0.25) is 0 Å². The van der Waals surface area contributed by atoms with Crippen molar-refractivity contribution < 1.29 is 29.0 Å². The van der Waals surface area contributed by atoms with Gasteiger partial charge in [-0.2, -0.15) is 0 Å². The Kier molecular flexibility index (Phi) is 8.25. The number of ether oxygens (including phenoxy) is 2. The van der Waals surface area contributed by atoms with Crippen LogP contribution >= 0.6 is 11.6 Å². The number of carbonyl (C=O) groups is 3. The monoisotopic (exact) mass is 605 g/mol. The smallest absolute Gasteiger partial charge is 0.323 e. The number of hydrogen-bond acceptors (Lipinski definition) is 6. The maximum absolute atomic E-state index is 14.0. The molecule has 0 amide bonds. The maximum Gasteiger partial charge on any atom is 0.323 e. The number of aryl methyl sites for hydroxylation is 1. The molecule has 1 aliphatic heterocycles. The first-order valence-electron chi connectivity index (χ1n) is 14.9. The molecule has 1 heterocycles. The summed E-state index contributed by atoms with van der Waals surface area (Å²) in [6.07, 6.45) is 1.64. The lowest BCUT2D eigenvalue weighted by atomic mass is 9.63. The van der Waals surface area contributed by atoms with Gasteiger partial charge in [0, 0.05) is 41.3 Å². The van der Waals surface area contributed by atoms with Crippen molar-refractivity contribution in [1.29, 1.82) is 0 Å². The van der Waals surface area contributed by atoms with Crippen molar-refractivity contribution in [2.45, 2.75) is 79.8 Å². The average Bonchev–Trinajstić information content (AvgIpc) is 2.88. The van der Waals surface area contributed by atoms with Gasteiger partial charge in [0.15, 0.2) is 23.1 Å². The number of rotatable bonds is 8. The second kappa shape index (κ2) is 11.5. The quantitative estimate of drug-likeness (QED) is 0.335. The summed E-state index contributed by atoms with van der Waals surface area (Å²) in [6.45, 7) is 12.3. The Morgan fingerprint density at radius 3 is 2.00 bits per heavy atom. The normalized spacial score (nSPS) is 19.7. The number of hydrogen-bond donors (Lipinski definition) is 1. The van der Waals surface area contributed by atoms with Crippen LogP contribution in [0.3, 0.4) is 0 Å². The Balaban J connectivity index is 1.67. The molecule has 0 saturated heterocycles. The van der Waals surface area contributed by atoms with E-state index in [0.29, 0.717) is 83.5 Å². The molecule has 0 saturated carbocycles. The summed E-state index contributed by atoms with van der Waals surface area (Å²) in [6, 6.07) is 11.6. The molecule has 0 aromatic heterocycles. The molecule has 0 unspecified atom stereocenters. The molecule has 2 aromatic rings. The fourth-order valence-corrected chi connectivity index (χ4v) is 6.98. The fourth-order valence-electron chi connectivity index (χ4n) is 6.70. The number of carbonyl (C=O) groups excluding carboxylic acids is 2. The molecule has 1 N–H and O–H groups in total. The number of ketones is 2. The standard InChI is InChI=1S/C35H40ClNO6/c1-7-42-28-13-22(12-23(36)33(28)43-19-21-10-8-20(2)9-11-21)30-31-24(14-34(3,4)16-26(31)38)37(18-29(40)41)25-15-35(5,6)17-27(39)32(25)30/h8-13,30H,7,14-19H2,1-6H3,(H,40,41). The van der Waals surface area contributed by atoms with Crippen molar-refractivity contribution in [1.82, 2.24) is 4.90 Å². The van der Waals surface area contributed by atoms with E-state index in [4.69, 9.17) is 21.1 Å². The van der Waals surface area contributed by atoms with E-state index in [9.17, 15) is 19.5 Å². The molecule has 0 bridgehead atoms. The average molecular weight is 606 g/mol. The van der Waals surface area contributed by atoms with E-state index in [1.165, 1.54) is 0 Å². The zero-order valence-corrected chi connectivity index (χ0v) is 26.6. The van der Waals surface area contributed by atoms with Gasteiger partial charge in [-0.1, -0.05) is 69.1 Å². The van der Waals surface area contributed by atoms with Crippen LogP contribution in [0.25, 0.3) is 0 Å². The summed E-state index contributed by atoms with van der Waals surface area (Å²) in [5.74, 6) is -1.02. The number of benzene rings is 2. The Hall–Kier alpha value is -3.58. The van der Waals surface area contributed by atoms with Crippen LogP contribution in [-0.4, -0.2) is 40.7 Å². The molecule has 2 aliphatic carbocycles.